The molecule has 2 aromatic carbocycles. The Balaban J connectivity index is 2.05. The maximum Gasteiger partial charge on any atom is 0.282 e. The van der Waals surface area contributed by atoms with E-state index in [-0.39, 0.29) is 16.4 Å². The van der Waals surface area contributed by atoms with Gasteiger partial charge in [-0.15, -0.1) is 0 Å². The van der Waals surface area contributed by atoms with Gasteiger partial charge in [0.15, 0.2) is 0 Å². The number of anilines is 1. The molecular formula is C16H12F3N3O2S. The molecule has 0 aliphatic heterocycles. The molecule has 0 bridgehead atoms. The summed E-state index contributed by atoms with van der Waals surface area (Å²) >= 11 is 0. The molecular weight excluding hydrogens is 355 g/mol. The van der Waals surface area contributed by atoms with Crippen molar-refractivity contribution in [1.82, 2.24) is 9.78 Å². The Bertz CT molecular complexity index is 972. The van der Waals surface area contributed by atoms with E-state index in [0.717, 1.165) is 22.9 Å². The smallest absolute Gasteiger partial charge is 0.263 e. The van der Waals surface area contributed by atoms with Gasteiger partial charge in [0, 0.05) is 6.07 Å². The van der Waals surface area contributed by atoms with Crippen LogP contribution >= 0.6 is 0 Å². The number of nitrogens with one attached hydrogen (secondary N) is 1. The molecule has 1 N–H and O–H groups in total. The first-order valence-corrected chi connectivity index (χ1v) is 8.57. The third-order valence-corrected chi connectivity index (χ3v) is 4.69. The molecule has 25 heavy (non-hydrogen) atoms. The fourth-order valence-corrected chi connectivity index (χ4v) is 3.21. The van der Waals surface area contributed by atoms with E-state index in [1.165, 1.54) is 36.4 Å². The maximum atomic E-state index is 13.1. The first-order chi connectivity index (χ1) is 11.9. The van der Waals surface area contributed by atoms with Crippen molar-refractivity contribution in [3.8, 4) is 5.69 Å². The summed E-state index contributed by atoms with van der Waals surface area (Å²) in [5.74, 6) is -0.692. The number of hydrogen-bond donors (Lipinski definition) is 1. The second kappa shape index (κ2) is 6.60. The molecule has 0 saturated carbocycles. The van der Waals surface area contributed by atoms with Gasteiger partial charge in [-0.2, -0.15) is 5.10 Å². The summed E-state index contributed by atoms with van der Waals surface area (Å²) in [6, 6.07) is 13.3. The molecule has 3 rings (SSSR count). The van der Waals surface area contributed by atoms with Crippen LogP contribution in [0.1, 0.15) is 12.1 Å². The first-order valence-electron chi connectivity index (χ1n) is 7.09. The normalized spacial score (nSPS) is 11.7. The van der Waals surface area contributed by atoms with E-state index in [4.69, 9.17) is 0 Å². The Kier molecular flexibility index (Phi) is 4.49. The maximum absolute atomic E-state index is 13.1. The predicted molar refractivity (Wildman–Crippen MR) is 85.7 cm³/mol. The number of alkyl halides is 2. The second-order valence-electron chi connectivity index (χ2n) is 5.06. The highest BCUT2D eigenvalue weighted by Gasteiger charge is 2.21. The number of hydrogen-bond acceptors (Lipinski definition) is 3. The summed E-state index contributed by atoms with van der Waals surface area (Å²) in [6.45, 7) is 0. The summed E-state index contributed by atoms with van der Waals surface area (Å²) in [4.78, 5) is -0.0274. The van der Waals surface area contributed by atoms with Crippen LogP contribution in [-0.2, 0) is 10.0 Å². The fourth-order valence-electron chi connectivity index (χ4n) is 2.15. The van der Waals surface area contributed by atoms with E-state index in [2.05, 4.69) is 9.82 Å². The third-order valence-electron chi connectivity index (χ3n) is 3.32. The lowest BCUT2D eigenvalue weighted by Crippen LogP contribution is -2.15. The van der Waals surface area contributed by atoms with Gasteiger partial charge in [0.2, 0.25) is 0 Å². The SMILES string of the molecule is O=S(=O)(Nc1cc(C(F)F)nn1-c1ccc(F)cc1)c1ccccc1. The minimum atomic E-state index is -3.99. The summed E-state index contributed by atoms with van der Waals surface area (Å²) in [7, 11) is -3.99. The lowest BCUT2D eigenvalue weighted by Gasteiger charge is -2.10. The molecule has 1 aromatic heterocycles. The molecule has 0 spiro atoms. The van der Waals surface area contributed by atoms with E-state index in [1.807, 2.05) is 0 Å². The van der Waals surface area contributed by atoms with Crippen LogP contribution in [0.15, 0.2) is 65.6 Å². The minimum absolute atomic E-state index is 0.0274. The van der Waals surface area contributed by atoms with E-state index in [0.29, 0.717) is 0 Å². The molecule has 9 heteroatoms. The van der Waals surface area contributed by atoms with Crippen LogP contribution in [0.4, 0.5) is 19.0 Å². The van der Waals surface area contributed by atoms with Gasteiger partial charge in [-0.05, 0) is 36.4 Å². The number of nitrogens with zero attached hydrogens (tertiary/aromatic N) is 2. The van der Waals surface area contributed by atoms with E-state index >= 15 is 0 Å². The molecule has 5 nitrogen and oxygen atoms in total. The zero-order valence-corrected chi connectivity index (χ0v) is 13.4. The zero-order chi connectivity index (χ0) is 18.0. The Hall–Kier alpha value is -2.81. The van der Waals surface area contributed by atoms with Crippen molar-refractivity contribution in [1.29, 1.82) is 0 Å². The van der Waals surface area contributed by atoms with Gasteiger partial charge in [0.25, 0.3) is 16.4 Å². The summed E-state index contributed by atoms with van der Waals surface area (Å²) in [5, 5.41) is 3.70. The molecule has 1 heterocycles. The Morgan fingerprint density at radius 1 is 1.00 bits per heavy atom. The molecule has 0 aliphatic carbocycles. The average Bonchev–Trinajstić information content (AvgIpc) is 3.00. The van der Waals surface area contributed by atoms with Crippen molar-refractivity contribution in [2.45, 2.75) is 11.3 Å². The van der Waals surface area contributed by atoms with Gasteiger partial charge in [-0.3, -0.25) is 4.72 Å². The molecule has 0 radical (unpaired) electrons. The van der Waals surface area contributed by atoms with E-state index < -0.39 is 28.0 Å². The van der Waals surface area contributed by atoms with Gasteiger partial charge in [-0.1, -0.05) is 18.2 Å². The van der Waals surface area contributed by atoms with Gasteiger partial charge in [0.1, 0.15) is 17.3 Å². The van der Waals surface area contributed by atoms with Crippen LogP contribution in [0.3, 0.4) is 0 Å². The van der Waals surface area contributed by atoms with Crippen LogP contribution in [0.25, 0.3) is 5.69 Å². The molecule has 130 valence electrons. The van der Waals surface area contributed by atoms with Crippen molar-refractivity contribution >= 4 is 15.8 Å². The molecule has 0 fully saturated rings. The van der Waals surface area contributed by atoms with Crippen LogP contribution in [0, 0.1) is 5.82 Å². The van der Waals surface area contributed by atoms with Crippen molar-refractivity contribution in [3.63, 3.8) is 0 Å². The number of halogens is 3. The van der Waals surface area contributed by atoms with Crippen molar-refractivity contribution in [2.24, 2.45) is 0 Å². The Morgan fingerprint density at radius 3 is 2.24 bits per heavy atom. The largest absolute Gasteiger partial charge is 0.282 e. The van der Waals surface area contributed by atoms with Gasteiger partial charge in [0.05, 0.1) is 10.6 Å². The Morgan fingerprint density at radius 2 is 1.64 bits per heavy atom. The second-order valence-corrected chi connectivity index (χ2v) is 6.74. The topological polar surface area (TPSA) is 64.0 Å². The highest BCUT2D eigenvalue weighted by atomic mass is 32.2. The molecule has 0 atom stereocenters. The highest BCUT2D eigenvalue weighted by molar-refractivity contribution is 7.92. The minimum Gasteiger partial charge on any atom is -0.263 e. The number of rotatable bonds is 5. The van der Waals surface area contributed by atoms with Crippen LogP contribution in [0.5, 0.6) is 0 Å². The van der Waals surface area contributed by atoms with Gasteiger partial charge < -0.3 is 0 Å². The van der Waals surface area contributed by atoms with Crippen LogP contribution < -0.4 is 4.72 Å². The first kappa shape index (κ1) is 17.0. The quantitative estimate of drug-likeness (QED) is 0.747. The van der Waals surface area contributed by atoms with Gasteiger partial charge in [-0.25, -0.2) is 26.3 Å². The predicted octanol–water partition coefficient (Wildman–Crippen LogP) is 3.75. The molecule has 3 aromatic rings. The van der Waals surface area contributed by atoms with Crippen LogP contribution in [-0.4, -0.2) is 18.2 Å². The highest BCUT2D eigenvalue weighted by Crippen LogP contribution is 2.26. The van der Waals surface area contributed by atoms with E-state index in [9.17, 15) is 21.6 Å². The lowest BCUT2D eigenvalue weighted by molar-refractivity contribution is 0.145. The number of aromatic nitrogens is 2. The molecule has 0 aliphatic rings. The molecule has 0 saturated heterocycles. The monoisotopic (exact) mass is 367 g/mol. The fraction of sp³-hybridized carbons (Fsp3) is 0.0625. The summed E-state index contributed by atoms with van der Waals surface area (Å²) < 4.78 is 67.1. The summed E-state index contributed by atoms with van der Waals surface area (Å²) in [5.41, 5.74) is -0.367. The van der Waals surface area contributed by atoms with Crippen molar-refractivity contribution in [2.75, 3.05) is 4.72 Å². The number of benzene rings is 2. The standard InChI is InChI=1S/C16H12F3N3O2S/c17-11-6-8-12(9-7-11)22-15(10-14(20-22)16(18)19)21-25(23,24)13-4-2-1-3-5-13/h1-10,16,21H. The average molecular weight is 367 g/mol. The van der Waals surface area contributed by atoms with Gasteiger partial charge >= 0.3 is 0 Å². The number of sulfonamides is 1. The summed E-state index contributed by atoms with van der Waals surface area (Å²) in [6.07, 6.45) is -2.89. The third kappa shape index (κ3) is 3.66. The Labute approximate surface area is 141 Å². The van der Waals surface area contributed by atoms with Crippen molar-refractivity contribution in [3.05, 3.63) is 72.2 Å². The van der Waals surface area contributed by atoms with Crippen molar-refractivity contribution < 1.29 is 21.6 Å². The zero-order valence-electron chi connectivity index (χ0n) is 12.6. The van der Waals surface area contributed by atoms with Crippen LogP contribution in [0.2, 0.25) is 0 Å². The molecule has 0 unspecified atom stereocenters. The lowest BCUT2D eigenvalue weighted by atomic mass is 10.3. The molecule has 0 amide bonds. The van der Waals surface area contributed by atoms with E-state index in [1.54, 1.807) is 6.07 Å².